The van der Waals surface area contributed by atoms with Crippen LogP contribution in [0.5, 0.6) is 0 Å². The normalized spacial score (nSPS) is 20.2. The van der Waals surface area contributed by atoms with E-state index < -0.39 is 5.92 Å². The molecule has 2 amide bonds. The summed E-state index contributed by atoms with van der Waals surface area (Å²) >= 11 is 0. The fraction of sp³-hybridized carbons (Fsp3) is 0.286. The minimum atomic E-state index is -0.789. The Morgan fingerprint density at radius 1 is 0.926 bits per heavy atom. The highest BCUT2D eigenvalue weighted by Gasteiger charge is 2.40. The van der Waals surface area contributed by atoms with E-state index >= 15 is 0 Å². The molecule has 2 heterocycles. The molecule has 6 nitrogen and oxygen atoms in total. The molecule has 6 heteroatoms. The van der Waals surface area contributed by atoms with Crippen LogP contribution in [0.25, 0.3) is 0 Å². The summed E-state index contributed by atoms with van der Waals surface area (Å²) in [5.74, 6) is -1.22. The van der Waals surface area contributed by atoms with Crippen LogP contribution in [0.2, 0.25) is 0 Å². The van der Waals surface area contributed by atoms with Crippen molar-refractivity contribution in [2.75, 3.05) is 23.9 Å². The molecule has 0 aliphatic carbocycles. The molecule has 2 aliphatic rings. The van der Waals surface area contributed by atoms with Crippen molar-refractivity contribution in [1.82, 2.24) is 0 Å². The van der Waals surface area contributed by atoms with Crippen molar-refractivity contribution < 1.29 is 14.4 Å². The molecule has 138 valence electrons. The molecule has 0 bridgehead atoms. The Balaban J connectivity index is 1.53. The largest absolute Gasteiger partial charge is 0.392 e. The first-order chi connectivity index (χ1) is 13.1. The average Bonchev–Trinajstić information content (AvgIpc) is 3.17. The second kappa shape index (κ2) is 6.87. The van der Waals surface area contributed by atoms with Crippen molar-refractivity contribution in [3.63, 3.8) is 0 Å². The topological polar surface area (TPSA) is 62.2 Å². The summed E-state index contributed by atoms with van der Waals surface area (Å²) in [5.41, 5.74) is 3.31. The van der Waals surface area contributed by atoms with Crippen molar-refractivity contribution in [2.45, 2.75) is 18.9 Å². The molecule has 2 aliphatic heterocycles. The maximum absolute atomic E-state index is 13.0. The van der Waals surface area contributed by atoms with Crippen LogP contribution in [0.15, 0.2) is 59.8 Å². The van der Waals surface area contributed by atoms with Gasteiger partial charge in [0.25, 0.3) is 0 Å². The van der Waals surface area contributed by atoms with Gasteiger partial charge in [-0.25, -0.2) is 0 Å². The lowest BCUT2D eigenvalue weighted by molar-refractivity contribution is -0.133. The standard InChI is InChI=1S/C21H21N3O3/c1-23-18-10-6-7-11-19(18)24(2)21(26)16(20(23)25)12-15-13-17(22-27-15)14-8-4-3-5-9-14/h3-11,15-16H,12-13H2,1-2H3/t15-/m1/s1. The van der Waals surface area contributed by atoms with Gasteiger partial charge in [-0.3, -0.25) is 9.59 Å². The number of carbonyl (C=O) groups excluding carboxylic acids is 2. The van der Waals surface area contributed by atoms with Gasteiger partial charge in [0, 0.05) is 26.9 Å². The van der Waals surface area contributed by atoms with E-state index in [1.165, 1.54) is 0 Å². The first-order valence-corrected chi connectivity index (χ1v) is 8.98. The van der Waals surface area contributed by atoms with Gasteiger partial charge in [0.15, 0.2) is 0 Å². The third-order valence-corrected chi connectivity index (χ3v) is 5.20. The van der Waals surface area contributed by atoms with E-state index in [9.17, 15) is 9.59 Å². The molecule has 0 unspecified atom stereocenters. The third-order valence-electron chi connectivity index (χ3n) is 5.20. The van der Waals surface area contributed by atoms with Crippen molar-refractivity contribution in [1.29, 1.82) is 0 Å². The van der Waals surface area contributed by atoms with Crippen LogP contribution >= 0.6 is 0 Å². The molecule has 0 spiro atoms. The molecule has 0 fully saturated rings. The molecule has 0 saturated carbocycles. The minimum Gasteiger partial charge on any atom is -0.392 e. The summed E-state index contributed by atoms with van der Waals surface area (Å²) in [6.45, 7) is 0. The van der Waals surface area contributed by atoms with Gasteiger partial charge in [-0.1, -0.05) is 47.6 Å². The Bertz CT molecular complexity index is 869. The molecular weight excluding hydrogens is 342 g/mol. The lowest BCUT2D eigenvalue weighted by Crippen LogP contribution is -2.41. The van der Waals surface area contributed by atoms with Gasteiger partial charge < -0.3 is 14.6 Å². The fourth-order valence-electron chi connectivity index (χ4n) is 3.66. The van der Waals surface area contributed by atoms with E-state index in [2.05, 4.69) is 5.16 Å². The number of para-hydroxylation sites is 2. The molecule has 2 aromatic rings. The second-order valence-corrected chi connectivity index (χ2v) is 6.91. The van der Waals surface area contributed by atoms with Crippen LogP contribution in [-0.2, 0) is 14.4 Å². The molecule has 2 aromatic carbocycles. The zero-order valence-electron chi connectivity index (χ0n) is 15.3. The summed E-state index contributed by atoms with van der Waals surface area (Å²) in [5, 5.41) is 4.17. The Morgan fingerprint density at radius 2 is 1.48 bits per heavy atom. The minimum absolute atomic E-state index is 0.214. The van der Waals surface area contributed by atoms with E-state index in [4.69, 9.17) is 4.84 Å². The van der Waals surface area contributed by atoms with Gasteiger partial charge in [-0.15, -0.1) is 0 Å². The molecule has 0 saturated heterocycles. The molecule has 4 rings (SSSR count). The van der Waals surface area contributed by atoms with Gasteiger partial charge in [0.1, 0.15) is 12.0 Å². The Labute approximate surface area is 158 Å². The van der Waals surface area contributed by atoms with E-state index in [1.54, 1.807) is 23.9 Å². The van der Waals surface area contributed by atoms with Crippen LogP contribution in [-0.4, -0.2) is 37.7 Å². The Morgan fingerprint density at radius 3 is 2.07 bits per heavy atom. The predicted octanol–water partition coefficient (Wildman–Crippen LogP) is 2.83. The summed E-state index contributed by atoms with van der Waals surface area (Å²) < 4.78 is 0. The van der Waals surface area contributed by atoms with Gasteiger partial charge >= 0.3 is 0 Å². The van der Waals surface area contributed by atoms with Crippen LogP contribution in [0, 0.1) is 5.92 Å². The number of benzene rings is 2. The number of oxime groups is 1. The molecule has 0 radical (unpaired) electrons. The highest BCUT2D eigenvalue weighted by Crippen LogP contribution is 2.35. The summed E-state index contributed by atoms with van der Waals surface area (Å²) in [6, 6.07) is 17.2. The number of anilines is 2. The monoisotopic (exact) mass is 363 g/mol. The first-order valence-electron chi connectivity index (χ1n) is 8.98. The maximum Gasteiger partial charge on any atom is 0.239 e. The van der Waals surface area contributed by atoms with Crippen molar-refractivity contribution in [3.05, 3.63) is 60.2 Å². The van der Waals surface area contributed by atoms with E-state index in [0.29, 0.717) is 12.8 Å². The van der Waals surface area contributed by atoms with Crippen molar-refractivity contribution >= 4 is 28.9 Å². The summed E-state index contributed by atoms with van der Waals surface area (Å²) in [7, 11) is 3.42. The summed E-state index contributed by atoms with van der Waals surface area (Å²) in [4.78, 5) is 34.7. The van der Waals surface area contributed by atoms with Crippen molar-refractivity contribution in [3.8, 4) is 0 Å². The van der Waals surface area contributed by atoms with Crippen LogP contribution in [0.4, 0.5) is 11.4 Å². The van der Waals surface area contributed by atoms with Crippen LogP contribution in [0.3, 0.4) is 0 Å². The second-order valence-electron chi connectivity index (χ2n) is 6.91. The van der Waals surface area contributed by atoms with Gasteiger partial charge in [0.2, 0.25) is 11.8 Å². The number of hydrogen-bond donors (Lipinski definition) is 0. The fourth-order valence-corrected chi connectivity index (χ4v) is 3.66. The zero-order chi connectivity index (χ0) is 19.0. The molecule has 1 atom stereocenters. The van der Waals surface area contributed by atoms with Gasteiger partial charge in [0.05, 0.1) is 17.1 Å². The summed E-state index contributed by atoms with van der Waals surface area (Å²) in [6.07, 6.45) is 0.600. The lowest BCUT2D eigenvalue weighted by Gasteiger charge is -2.21. The number of fused-ring (bicyclic) bond motifs is 1. The third kappa shape index (κ3) is 3.07. The molecule has 0 N–H and O–H groups in total. The van der Waals surface area contributed by atoms with Crippen molar-refractivity contribution in [2.24, 2.45) is 11.1 Å². The number of hydrogen-bond acceptors (Lipinski definition) is 4. The zero-order valence-corrected chi connectivity index (χ0v) is 15.3. The molecular formula is C21H21N3O3. The number of amides is 2. The highest BCUT2D eigenvalue weighted by atomic mass is 16.6. The van der Waals surface area contributed by atoms with Crippen LogP contribution in [0.1, 0.15) is 18.4 Å². The Hall–Kier alpha value is -3.15. The van der Waals surface area contributed by atoms with Gasteiger partial charge in [-0.05, 0) is 17.7 Å². The lowest BCUT2D eigenvalue weighted by atomic mass is 9.95. The predicted molar refractivity (Wildman–Crippen MR) is 104 cm³/mol. The van der Waals surface area contributed by atoms with E-state index in [1.807, 2.05) is 54.6 Å². The smallest absolute Gasteiger partial charge is 0.239 e. The molecule has 0 aromatic heterocycles. The average molecular weight is 363 g/mol. The van der Waals surface area contributed by atoms with Crippen LogP contribution < -0.4 is 9.80 Å². The number of carbonyl (C=O) groups is 2. The van der Waals surface area contributed by atoms with E-state index in [0.717, 1.165) is 22.6 Å². The quantitative estimate of drug-likeness (QED) is 0.788. The van der Waals surface area contributed by atoms with E-state index in [-0.39, 0.29) is 17.9 Å². The number of rotatable bonds is 3. The van der Waals surface area contributed by atoms with Gasteiger partial charge in [-0.2, -0.15) is 0 Å². The first kappa shape index (κ1) is 17.3. The maximum atomic E-state index is 13.0. The highest BCUT2D eigenvalue weighted by molar-refractivity contribution is 6.17. The Kier molecular flexibility index (Phi) is 4.39. The number of nitrogens with zero attached hydrogens (tertiary/aromatic N) is 3. The SMILES string of the molecule is CN1C(=O)C(C[C@@H]2CC(c3ccccc3)=NO2)C(=O)N(C)c2ccccc21. The molecule has 27 heavy (non-hydrogen) atoms.